The molecule has 2 N–H and O–H groups in total. The van der Waals surface area contributed by atoms with Gasteiger partial charge in [-0.05, 0) is 37.3 Å². The van der Waals surface area contributed by atoms with Gasteiger partial charge < -0.3 is 15.4 Å². The van der Waals surface area contributed by atoms with Gasteiger partial charge in [-0.25, -0.2) is 4.98 Å². The van der Waals surface area contributed by atoms with Crippen molar-refractivity contribution in [3.8, 4) is 0 Å². The number of hydrogen-bond acceptors (Lipinski definition) is 6. The Bertz CT molecular complexity index is 577. The normalized spacial score (nSPS) is 24.8. The molecule has 0 bridgehead atoms. The highest BCUT2D eigenvalue weighted by molar-refractivity contribution is 6.28. The molecule has 7 heteroatoms. The lowest BCUT2D eigenvalue weighted by Crippen LogP contribution is -2.47. The predicted octanol–water partition coefficient (Wildman–Crippen LogP) is 2.80. The van der Waals surface area contributed by atoms with Crippen LogP contribution in [0.15, 0.2) is 6.20 Å². The Kier molecular flexibility index (Phi) is 4.90. The van der Waals surface area contributed by atoms with Crippen molar-refractivity contribution >= 4 is 29.1 Å². The van der Waals surface area contributed by atoms with Gasteiger partial charge in [0.2, 0.25) is 5.28 Å². The molecule has 1 aromatic rings. The predicted molar refractivity (Wildman–Crippen MR) is 89.3 cm³/mol. The average molecular weight is 339 g/mol. The monoisotopic (exact) mass is 338 g/mol. The number of nitrogen functional groups attached to an aromatic ring is 1. The lowest BCUT2D eigenvalue weighted by atomic mass is 9.99. The standard InChI is InChI=1S/C16H23ClN4O2/c1-23-15(22)11-7-4-8-13(11)21(10-5-2-3-6-10)14-12(18)9-19-16(17)20-14/h9-11,13H,2-8,18H2,1H3. The number of aromatic nitrogens is 2. The number of nitrogens with two attached hydrogens (primary N) is 1. The Balaban J connectivity index is 1.98. The van der Waals surface area contributed by atoms with E-state index >= 15 is 0 Å². The number of rotatable bonds is 4. The smallest absolute Gasteiger partial charge is 0.310 e. The van der Waals surface area contributed by atoms with Gasteiger partial charge in [-0.15, -0.1) is 0 Å². The lowest BCUT2D eigenvalue weighted by Gasteiger charge is -2.38. The summed E-state index contributed by atoms with van der Waals surface area (Å²) in [6.45, 7) is 0. The molecule has 2 saturated carbocycles. The van der Waals surface area contributed by atoms with Gasteiger partial charge in [0.25, 0.3) is 0 Å². The van der Waals surface area contributed by atoms with E-state index in [1.165, 1.54) is 20.0 Å². The van der Waals surface area contributed by atoms with Gasteiger partial charge in [-0.2, -0.15) is 4.98 Å². The first kappa shape index (κ1) is 16.3. The molecule has 1 heterocycles. The van der Waals surface area contributed by atoms with Crippen LogP contribution in [0.3, 0.4) is 0 Å². The molecule has 0 saturated heterocycles. The van der Waals surface area contributed by atoms with Crippen LogP contribution in [-0.4, -0.2) is 35.1 Å². The summed E-state index contributed by atoms with van der Waals surface area (Å²) in [7, 11) is 1.45. The molecule has 2 fully saturated rings. The third-order valence-corrected chi connectivity index (χ3v) is 5.25. The summed E-state index contributed by atoms with van der Waals surface area (Å²) >= 11 is 6.00. The summed E-state index contributed by atoms with van der Waals surface area (Å²) in [4.78, 5) is 22.8. The van der Waals surface area contributed by atoms with Crippen molar-refractivity contribution in [1.29, 1.82) is 0 Å². The Morgan fingerprint density at radius 3 is 2.74 bits per heavy atom. The number of carbonyl (C=O) groups is 1. The minimum Gasteiger partial charge on any atom is -0.469 e. The maximum atomic E-state index is 12.2. The number of anilines is 2. The van der Waals surface area contributed by atoms with E-state index in [-0.39, 0.29) is 23.2 Å². The number of carbonyl (C=O) groups excluding carboxylic acids is 1. The molecule has 6 nitrogen and oxygen atoms in total. The summed E-state index contributed by atoms with van der Waals surface area (Å²) < 4.78 is 5.01. The first-order valence-electron chi connectivity index (χ1n) is 8.26. The van der Waals surface area contributed by atoms with Crippen LogP contribution in [0.4, 0.5) is 11.5 Å². The van der Waals surface area contributed by atoms with Crippen LogP contribution < -0.4 is 10.6 Å². The van der Waals surface area contributed by atoms with E-state index in [1.807, 2.05) is 0 Å². The van der Waals surface area contributed by atoms with Crippen LogP contribution in [-0.2, 0) is 9.53 Å². The SMILES string of the molecule is COC(=O)C1CCCC1N(c1nc(Cl)ncc1N)C1CCCC1. The second kappa shape index (κ2) is 6.91. The fourth-order valence-electron chi connectivity index (χ4n) is 4.05. The Hall–Kier alpha value is -1.56. The molecule has 3 rings (SSSR count). The van der Waals surface area contributed by atoms with Crippen LogP contribution in [0, 0.1) is 5.92 Å². The zero-order chi connectivity index (χ0) is 16.4. The number of ether oxygens (including phenoxy) is 1. The van der Waals surface area contributed by atoms with E-state index in [0.29, 0.717) is 17.5 Å². The molecular weight excluding hydrogens is 316 g/mol. The van der Waals surface area contributed by atoms with E-state index < -0.39 is 0 Å². The number of nitrogens with zero attached hydrogens (tertiary/aromatic N) is 3. The molecule has 0 aromatic carbocycles. The summed E-state index contributed by atoms with van der Waals surface area (Å²) in [5, 5.41) is 0.185. The minimum absolute atomic E-state index is 0.0683. The molecule has 0 amide bonds. The first-order valence-corrected chi connectivity index (χ1v) is 8.63. The Morgan fingerprint density at radius 2 is 2.04 bits per heavy atom. The molecule has 0 radical (unpaired) electrons. The maximum absolute atomic E-state index is 12.2. The van der Waals surface area contributed by atoms with Gasteiger partial charge in [0.1, 0.15) is 0 Å². The van der Waals surface area contributed by atoms with Gasteiger partial charge in [-0.3, -0.25) is 4.79 Å². The van der Waals surface area contributed by atoms with Crippen LogP contribution in [0.5, 0.6) is 0 Å². The van der Waals surface area contributed by atoms with Crippen molar-refractivity contribution < 1.29 is 9.53 Å². The van der Waals surface area contributed by atoms with Crippen molar-refractivity contribution in [3.63, 3.8) is 0 Å². The Morgan fingerprint density at radius 1 is 1.30 bits per heavy atom. The molecular formula is C16H23ClN4O2. The van der Waals surface area contributed by atoms with Crippen LogP contribution in [0.2, 0.25) is 5.28 Å². The highest BCUT2D eigenvalue weighted by atomic mass is 35.5. The second-order valence-corrected chi connectivity index (χ2v) is 6.73. The Labute approximate surface area is 141 Å². The molecule has 2 aliphatic rings. The average Bonchev–Trinajstić information content (AvgIpc) is 3.22. The highest BCUT2D eigenvalue weighted by Crippen LogP contribution is 2.40. The zero-order valence-electron chi connectivity index (χ0n) is 13.4. The van der Waals surface area contributed by atoms with Crippen LogP contribution in [0.1, 0.15) is 44.9 Å². The summed E-state index contributed by atoms with van der Waals surface area (Å²) in [6, 6.07) is 0.414. The lowest BCUT2D eigenvalue weighted by molar-refractivity contribution is -0.145. The van der Waals surface area contributed by atoms with Crippen molar-refractivity contribution in [2.24, 2.45) is 5.92 Å². The van der Waals surface area contributed by atoms with Gasteiger partial charge in [0, 0.05) is 12.1 Å². The zero-order valence-corrected chi connectivity index (χ0v) is 14.1. The van der Waals surface area contributed by atoms with Crippen molar-refractivity contribution in [3.05, 3.63) is 11.5 Å². The molecule has 0 spiro atoms. The van der Waals surface area contributed by atoms with E-state index in [0.717, 1.165) is 32.1 Å². The molecule has 23 heavy (non-hydrogen) atoms. The van der Waals surface area contributed by atoms with Gasteiger partial charge in [0.05, 0.1) is 24.9 Å². The molecule has 2 atom stereocenters. The van der Waals surface area contributed by atoms with E-state index in [2.05, 4.69) is 14.9 Å². The molecule has 2 unspecified atom stereocenters. The quantitative estimate of drug-likeness (QED) is 0.671. The van der Waals surface area contributed by atoms with Crippen molar-refractivity contribution in [2.45, 2.75) is 57.0 Å². The van der Waals surface area contributed by atoms with E-state index in [1.54, 1.807) is 6.20 Å². The van der Waals surface area contributed by atoms with Crippen molar-refractivity contribution in [1.82, 2.24) is 9.97 Å². The van der Waals surface area contributed by atoms with Crippen LogP contribution in [0.25, 0.3) is 0 Å². The number of methoxy groups -OCH3 is 1. The minimum atomic E-state index is -0.144. The summed E-state index contributed by atoms with van der Waals surface area (Å²) in [6.07, 6.45) is 8.90. The topological polar surface area (TPSA) is 81.3 Å². The largest absolute Gasteiger partial charge is 0.469 e. The van der Waals surface area contributed by atoms with E-state index in [4.69, 9.17) is 22.1 Å². The molecule has 126 valence electrons. The maximum Gasteiger partial charge on any atom is 0.310 e. The first-order chi connectivity index (χ1) is 11.1. The molecule has 0 aliphatic heterocycles. The summed E-state index contributed by atoms with van der Waals surface area (Å²) in [5.74, 6) is 0.390. The third-order valence-electron chi connectivity index (χ3n) is 5.07. The van der Waals surface area contributed by atoms with Crippen LogP contribution >= 0.6 is 11.6 Å². The van der Waals surface area contributed by atoms with Gasteiger partial charge in [-0.1, -0.05) is 19.3 Å². The molecule has 1 aromatic heterocycles. The summed E-state index contributed by atoms with van der Waals surface area (Å²) in [5.41, 5.74) is 6.65. The number of hydrogen-bond donors (Lipinski definition) is 1. The van der Waals surface area contributed by atoms with Crippen molar-refractivity contribution in [2.75, 3.05) is 17.7 Å². The van der Waals surface area contributed by atoms with E-state index in [9.17, 15) is 4.79 Å². The highest BCUT2D eigenvalue weighted by Gasteiger charge is 2.42. The fraction of sp³-hybridized carbons (Fsp3) is 0.688. The third kappa shape index (κ3) is 3.22. The van der Waals surface area contributed by atoms with Gasteiger partial charge in [0.15, 0.2) is 5.82 Å². The van der Waals surface area contributed by atoms with Gasteiger partial charge >= 0.3 is 5.97 Å². The number of halogens is 1. The molecule has 2 aliphatic carbocycles. The second-order valence-electron chi connectivity index (χ2n) is 6.39. The number of esters is 1. The fourth-order valence-corrected chi connectivity index (χ4v) is 4.18.